The van der Waals surface area contributed by atoms with Crippen LogP contribution in [0.25, 0.3) is 0 Å². The fraction of sp³-hybridized carbons (Fsp3) is 0.333. The van der Waals surface area contributed by atoms with Gasteiger partial charge in [0.2, 0.25) is 0 Å². The first kappa shape index (κ1) is 6.43. The van der Waals surface area contributed by atoms with E-state index in [0.29, 0.717) is 0 Å². The average molecular weight is 123 g/mol. The quantitative estimate of drug-likeness (QED) is 0.471. The smallest absolute Gasteiger partial charge is 0.429 e. The molecule has 1 N–H and O–H groups in total. The van der Waals surface area contributed by atoms with Gasteiger partial charge in [-0.1, -0.05) is 18.1 Å². The van der Waals surface area contributed by atoms with Gasteiger partial charge in [-0.3, -0.25) is 0 Å². The van der Waals surface area contributed by atoms with Gasteiger partial charge in [-0.25, -0.2) is 0 Å². The lowest BCUT2D eigenvalue weighted by Gasteiger charge is -2.12. The fourth-order valence-electron chi connectivity index (χ4n) is 0.730. The molecule has 1 aliphatic rings. The van der Waals surface area contributed by atoms with E-state index in [-0.39, 0.29) is 0 Å². The first-order chi connectivity index (χ1) is 4.30. The molecule has 48 valence electrons. The van der Waals surface area contributed by atoms with E-state index in [4.69, 9.17) is 5.02 Å². The van der Waals surface area contributed by atoms with Gasteiger partial charge in [-0.15, -0.1) is 0 Å². The predicted molar refractivity (Wildman–Crippen MR) is 38.6 cm³/mol. The second-order valence-corrected chi connectivity index (χ2v) is 2.13. The fourth-order valence-corrected chi connectivity index (χ4v) is 0.730. The number of rotatable bonds is 0. The van der Waals surface area contributed by atoms with Crippen LogP contribution in [0.15, 0.2) is 24.3 Å². The lowest BCUT2D eigenvalue weighted by molar-refractivity contribution is 0.499. The first-order valence-corrected chi connectivity index (χ1v) is 3.04. The van der Waals surface area contributed by atoms with Gasteiger partial charge in [-0.2, -0.15) is 0 Å². The molecule has 0 unspecified atom stereocenters. The van der Waals surface area contributed by atoms with Crippen LogP contribution in [0.3, 0.4) is 0 Å². The summed E-state index contributed by atoms with van der Waals surface area (Å²) in [6.07, 6.45) is 6.75. The Hall–Kier alpha value is -0.695. The zero-order valence-electron chi connectivity index (χ0n) is 5.49. The van der Waals surface area contributed by atoms with Gasteiger partial charge < -0.3 is 9.83 Å². The summed E-state index contributed by atoms with van der Waals surface area (Å²) >= 11 is 0. The maximum absolute atomic E-state index is 9.15. The van der Waals surface area contributed by atoms with Crippen molar-refractivity contribution in [1.82, 2.24) is 4.81 Å². The summed E-state index contributed by atoms with van der Waals surface area (Å²) in [7, 11) is 1.40. The predicted octanol–water partition coefficient (Wildman–Crippen LogP) is 0.411. The van der Waals surface area contributed by atoms with Gasteiger partial charge in [-0.05, 0) is 19.7 Å². The molecule has 0 aromatic heterocycles. The summed E-state index contributed by atoms with van der Waals surface area (Å²) < 4.78 is 0. The summed E-state index contributed by atoms with van der Waals surface area (Å²) in [6, 6.07) is 0. The molecule has 2 nitrogen and oxygen atoms in total. The second-order valence-electron chi connectivity index (χ2n) is 2.13. The van der Waals surface area contributed by atoms with Gasteiger partial charge >= 0.3 is 7.05 Å². The Morgan fingerprint density at radius 1 is 1.56 bits per heavy atom. The summed E-state index contributed by atoms with van der Waals surface area (Å²) in [5.41, 5.74) is 0. The van der Waals surface area contributed by atoms with Crippen LogP contribution in [0.1, 0.15) is 6.42 Å². The van der Waals surface area contributed by atoms with E-state index < -0.39 is 7.05 Å². The Balaban J connectivity index is 2.61. The van der Waals surface area contributed by atoms with E-state index in [1.807, 2.05) is 25.4 Å². The topological polar surface area (TPSA) is 23.5 Å². The molecule has 0 spiro atoms. The normalized spacial score (nSPS) is 18.4. The van der Waals surface area contributed by atoms with Crippen LogP contribution in [-0.4, -0.2) is 23.9 Å². The van der Waals surface area contributed by atoms with E-state index >= 15 is 0 Å². The zero-order valence-corrected chi connectivity index (χ0v) is 5.49. The Labute approximate surface area is 55.6 Å². The molecule has 3 heteroatoms. The largest absolute Gasteiger partial charge is 0.440 e. The molecule has 0 amide bonds. The van der Waals surface area contributed by atoms with Gasteiger partial charge in [0.05, 0.1) is 0 Å². The SMILES string of the molecule is CN1C=CCC=CB1O. The monoisotopic (exact) mass is 123 g/mol. The molecule has 9 heavy (non-hydrogen) atoms. The van der Waals surface area contributed by atoms with Crippen LogP contribution in [0.4, 0.5) is 0 Å². The molecule has 0 aromatic carbocycles. The highest BCUT2D eigenvalue weighted by atomic mass is 16.2. The molecule has 0 saturated heterocycles. The van der Waals surface area contributed by atoms with Gasteiger partial charge in [0.1, 0.15) is 0 Å². The van der Waals surface area contributed by atoms with Crippen LogP contribution < -0.4 is 0 Å². The van der Waals surface area contributed by atoms with Crippen molar-refractivity contribution in [2.24, 2.45) is 0 Å². The third-order valence-electron chi connectivity index (χ3n) is 1.34. The third kappa shape index (κ3) is 1.61. The molecule has 1 heterocycles. The van der Waals surface area contributed by atoms with Gasteiger partial charge in [0.15, 0.2) is 0 Å². The molecule has 1 rings (SSSR count). The van der Waals surface area contributed by atoms with Crippen LogP contribution >= 0.6 is 0 Å². The molecule has 0 radical (unpaired) electrons. The highest BCUT2D eigenvalue weighted by Crippen LogP contribution is 1.98. The Kier molecular flexibility index (Phi) is 1.95. The number of allylic oxidation sites excluding steroid dienone is 2. The second kappa shape index (κ2) is 2.73. The minimum absolute atomic E-state index is 0.441. The van der Waals surface area contributed by atoms with Crippen LogP contribution in [0.2, 0.25) is 0 Å². The molecule has 0 saturated carbocycles. The highest BCUT2D eigenvalue weighted by Gasteiger charge is 2.10. The van der Waals surface area contributed by atoms with E-state index in [9.17, 15) is 0 Å². The van der Waals surface area contributed by atoms with Crippen molar-refractivity contribution >= 4 is 7.05 Å². The Morgan fingerprint density at radius 2 is 2.33 bits per heavy atom. The van der Waals surface area contributed by atoms with Crippen molar-refractivity contribution in [3.63, 3.8) is 0 Å². The van der Waals surface area contributed by atoms with Crippen LogP contribution in [0, 0.1) is 0 Å². The summed E-state index contributed by atoms with van der Waals surface area (Å²) in [6.45, 7) is 0. The Morgan fingerprint density at radius 3 is 3.11 bits per heavy atom. The maximum atomic E-state index is 9.15. The van der Waals surface area contributed by atoms with Crippen molar-refractivity contribution < 1.29 is 5.02 Å². The summed E-state index contributed by atoms with van der Waals surface area (Å²) in [5.74, 6) is 1.78. The summed E-state index contributed by atoms with van der Waals surface area (Å²) in [4.78, 5) is 1.75. The van der Waals surface area contributed by atoms with Crippen molar-refractivity contribution in [2.45, 2.75) is 6.42 Å². The average Bonchev–Trinajstić information content (AvgIpc) is 1.99. The maximum Gasteiger partial charge on any atom is 0.440 e. The molecule has 0 fully saturated rings. The molecular weight excluding hydrogens is 113 g/mol. The number of hydrogen-bond acceptors (Lipinski definition) is 2. The molecule has 0 aliphatic carbocycles. The Bertz CT molecular complexity index is 128. The molecule has 0 bridgehead atoms. The summed E-state index contributed by atoms with van der Waals surface area (Å²) in [5, 5.41) is 9.15. The molecule has 0 atom stereocenters. The molecule has 0 aromatic rings. The highest BCUT2D eigenvalue weighted by molar-refractivity contribution is 6.53. The van der Waals surface area contributed by atoms with Crippen molar-refractivity contribution in [3.8, 4) is 0 Å². The van der Waals surface area contributed by atoms with Crippen LogP contribution in [0.5, 0.6) is 0 Å². The third-order valence-corrected chi connectivity index (χ3v) is 1.34. The van der Waals surface area contributed by atoms with E-state index in [2.05, 4.69) is 0 Å². The standard InChI is InChI=1S/C6H10BNO/c1-8-6-4-2-3-5-7(8)9/h3-6,9H,2H2,1H3. The molecular formula is C6H10BNO. The zero-order chi connectivity index (χ0) is 6.69. The minimum atomic E-state index is -0.441. The lowest BCUT2D eigenvalue weighted by Crippen LogP contribution is -2.29. The first-order valence-electron chi connectivity index (χ1n) is 3.04. The molecule has 1 aliphatic heterocycles. The minimum Gasteiger partial charge on any atom is -0.429 e. The van der Waals surface area contributed by atoms with Gasteiger partial charge in [0.25, 0.3) is 0 Å². The van der Waals surface area contributed by atoms with Crippen molar-refractivity contribution in [1.29, 1.82) is 0 Å². The van der Waals surface area contributed by atoms with Crippen molar-refractivity contribution in [3.05, 3.63) is 24.3 Å². The van der Waals surface area contributed by atoms with Gasteiger partial charge in [0, 0.05) is 0 Å². The lowest BCUT2D eigenvalue weighted by atomic mass is 9.82. The number of nitrogens with zero attached hydrogens (tertiary/aromatic N) is 1. The van der Waals surface area contributed by atoms with Crippen LogP contribution in [-0.2, 0) is 0 Å². The van der Waals surface area contributed by atoms with E-state index in [1.165, 1.54) is 0 Å². The van der Waals surface area contributed by atoms with Crippen molar-refractivity contribution in [2.75, 3.05) is 7.05 Å². The van der Waals surface area contributed by atoms with E-state index in [0.717, 1.165) is 6.42 Å². The number of hydrogen-bond donors (Lipinski definition) is 1. The van der Waals surface area contributed by atoms with E-state index in [1.54, 1.807) is 10.8 Å².